The quantitative estimate of drug-likeness (QED) is 0.266. The molecule has 3 aromatic carbocycles. The molecule has 2 N–H and O–H groups in total. The lowest BCUT2D eigenvalue weighted by atomic mass is 10.1. The second-order valence-corrected chi connectivity index (χ2v) is 6.34. The van der Waals surface area contributed by atoms with E-state index >= 15 is 0 Å². The maximum atomic E-state index is 12.7. The molecule has 8 heteroatoms. The molecule has 0 aliphatic heterocycles. The molecule has 0 saturated heterocycles. The van der Waals surface area contributed by atoms with Crippen LogP contribution in [0.3, 0.4) is 0 Å². The van der Waals surface area contributed by atoms with Crippen LogP contribution in [0.2, 0.25) is 0 Å². The maximum absolute atomic E-state index is 12.7. The summed E-state index contributed by atoms with van der Waals surface area (Å²) in [7, 11) is 0. The average Bonchev–Trinajstić information content (AvgIpc) is 2.80. The first-order valence-corrected chi connectivity index (χ1v) is 9.24. The monoisotopic (exact) mass is 414 g/mol. The van der Waals surface area contributed by atoms with Gasteiger partial charge in [-0.3, -0.25) is 19.7 Å². The minimum absolute atomic E-state index is 0.112. The average molecular weight is 414 g/mol. The number of rotatable bonds is 7. The summed E-state index contributed by atoms with van der Waals surface area (Å²) < 4.78 is 0. The lowest BCUT2D eigenvalue weighted by Crippen LogP contribution is -2.32. The van der Waals surface area contributed by atoms with Gasteiger partial charge in [-0.1, -0.05) is 60.7 Å². The number of nitro groups is 1. The Morgan fingerprint density at radius 2 is 1.52 bits per heavy atom. The standard InChI is InChI=1S/C23H18N4O4/c28-22(19-11-5-2-6-12-19)25-21(15-18-10-7-13-20(14-18)27(30)31)23(29)26-24-16-17-8-3-1-4-9-17/h1-16H,(H,25,28)(H,26,29)/b21-15-,24-16-. The van der Waals surface area contributed by atoms with Gasteiger partial charge in [-0.2, -0.15) is 5.10 Å². The highest BCUT2D eigenvalue weighted by Crippen LogP contribution is 2.15. The van der Waals surface area contributed by atoms with E-state index in [1.807, 2.05) is 30.3 Å². The molecule has 0 aliphatic carbocycles. The Bertz CT molecular complexity index is 1140. The van der Waals surface area contributed by atoms with Crippen LogP contribution in [0, 0.1) is 10.1 Å². The molecule has 0 spiro atoms. The van der Waals surface area contributed by atoms with Crippen molar-refractivity contribution in [1.82, 2.24) is 10.7 Å². The number of hydrazone groups is 1. The van der Waals surface area contributed by atoms with Gasteiger partial charge < -0.3 is 5.32 Å². The Morgan fingerprint density at radius 1 is 0.871 bits per heavy atom. The van der Waals surface area contributed by atoms with Crippen LogP contribution in [0.15, 0.2) is 95.7 Å². The summed E-state index contributed by atoms with van der Waals surface area (Å²) in [6.07, 6.45) is 2.81. The van der Waals surface area contributed by atoms with Gasteiger partial charge in [0.2, 0.25) is 0 Å². The molecule has 0 saturated carbocycles. The Hall–Kier alpha value is -4.59. The largest absolute Gasteiger partial charge is 0.317 e. The number of nitrogens with zero attached hydrogens (tertiary/aromatic N) is 2. The van der Waals surface area contributed by atoms with Crippen LogP contribution < -0.4 is 10.7 Å². The molecule has 154 valence electrons. The minimum atomic E-state index is -0.678. The van der Waals surface area contributed by atoms with E-state index in [0.717, 1.165) is 5.56 Å². The van der Waals surface area contributed by atoms with Crippen molar-refractivity contribution < 1.29 is 14.5 Å². The first kappa shape index (κ1) is 21.1. The summed E-state index contributed by atoms with van der Waals surface area (Å²) in [5, 5.41) is 17.5. The third-order valence-corrected chi connectivity index (χ3v) is 4.10. The van der Waals surface area contributed by atoms with E-state index < -0.39 is 16.7 Å². The van der Waals surface area contributed by atoms with Gasteiger partial charge in [-0.15, -0.1) is 0 Å². The highest BCUT2D eigenvalue weighted by Gasteiger charge is 2.15. The number of hydrogen-bond donors (Lipinski definition) is 2. The van der Waals surface area contributed by atoms with E-state index in [-0.39, 0.29) is 11.4 Å². The second kappa shape index (κ2) is 10.3. The van der Waals surface area contributed by atoms with Gasteiger partial charge in [0, 0.05) is 17.7 Å². The first-order chi connectivity index (χ1) is 15.0. The van der Waals surface area contributed by atoms with Gasteiger partial charge in [-0.25, -0.2) is 5.43 Å². The number of amides is 2. The van der Waals surface area contributed by atoms with Crippen LogP contribution in [0.4, 0.5) is 5.69 Å². The van der Waals surface area contributed by atoms with Crippen LogP contribution in [-0.4, -0.2) is 23.0 Å². The SMILES string of the molecule is O=C(N/N=C\c1ccccc1)/C(=C/c1cccc([N+](=O)[O-])c1)NC(=O)c1ccccc1. The fourth-order valence-electron chi connectivity index (χ4n) is 2.60. The highest BCUT2D eigenvalue weighted by molar-refractivity contribution is 6.05. The molecular formula is C23H18N4O4. The Balaban J connectivity index is 1.85. The molecule has 2 amide bonds. The Kier molecular flexibility index (Phi) is 6.99. The molecule has 0 radical (unpaired) electrons. The maximum Gasteiger partial charge on any atom is 0.287 e. The number of non-ortho nitro benzene ring substituents is 1. The summed E-state index contributed by atoms with van der Waals surface area (Å²) in [6, 6.07) is 23.2. The third-order valence-electron chi connectivity index (χ3n) is 4.10. The number of hydrogen-bond acceptors (Lipinski definition) is 5. The zero-order valence-electron chi connectivity index (χ0n) is 16.3. The van der Waals surface area contributed by atoms with Crippen molar-refractivity contribution in [2.45, 2.75) is 0 Å². The molecule has 0 atom stereocenters. The van der Waals surface area contributed by atoms with Crippen molar-refractivity contribution in [2.24, 2.45) is 5.10 Å². The lowest BCUT2D eigenvalue weighted by molar-refractivity contribution is -0.384. The van der Waals surface area contributed by atoms with Crippen molar-refractivity contribution >= 4 is 29.8 Å². The van der Waals surface area contributed by atoms with Crippen molar-refractivity contribution in [3.05, 3.63) is 117 Å². The number of nitrogens with one attached hydrogen (secondary N) is 2. The molecule has 8 nitrogen and oxygen atoms in total. The number of nitro benzene ring substituents is 1. The molecule has 0 aromatic heterocycles. The van der Waals surface area contributed by atoms with Crippen LogP contribution >= 0.6 is 0 Å². The van der Waals surface area contributed by atoms with Crippen LogP contribution in [-0.2, 0) is 4.79 Å². The molecule has 3 aromatic rings. The number of carbonyl (C=O) groups excluding carboxylic acids is 2. The molecule has 0 bridgehead atoms. The summed E-state index contributed by atoms with van der Waals surface area (Å²) in [6.45, 7) is 0. The van der Waals surface area contributed by atoms with Crippen LogP contribution in [0.1, 0.15) is 21.5 Å². The van der Waals surface area contributed by atoms with E-state index in [2.05, 4.69) is 15.8 Å². The van der Waals surface area contributed by atoms with Crippen molar-refractivity contribution in [3.63, 3.8) is 0 Å². The van der Waals surface area contributed by atoms with Gasteiger partial charge in [-0.05, 0) is 29.3 Å². The van der Waals surface area contributed by atoms with E-state index in [1.165, 1.54) is 30.5 Å². The summed E-state index contributed by atoms with van der Waals surface area (Å²) in [5.74, 6) is -1.18. The predicted molar refractivity (Wildman–Crippen MR) is 117 cm³/mol. The van der Waals surface area contributed by atoms with E-state index in [4.69, 9.17) is 0 Å². The van der Waals surface area contributed by atoms with E-state index in [9.17, 15) is 19.7 Å². The molecule has 0 heterocycles. The zero-order chi connectivity index (χ0) is 22.1. The predicted octanol–water partition coefficient (Wildman–Crippen LogP) is 3.52. The number of carbonyl (C=O) groups is 2. The Labute approximate surface area is 178 Å². The Morgan fingerprint density at radius 3 is 2.19 bits per heavy atom. The van der Waals surface area contributed by atoms with Crippen LogP contribution in [0.5, 0.6) is 0 Å². The van der Waals surface area contributed by atoms with Gasteiger partial charge in [0.25, 0.3) is 17.5 Å². The summed E-state index contributed by atoms with van der Waals surface area (Å²) in [5.41, 5.74) is 3.62. The van der Waals surface area contributed by atoms with Gasteiger partial charge in [0.05, 0.1) is 11.1 Å². The topological polar surface area (TPSA) is 114 Å². The number of benzene rings is 3. The minimum Gasteiger partial charge on any atom is -0.317 e. The van der Waals surface area contributed by atoms with Gasteiger partial charge in [0.15, 0.2) is 0 Å². The molecule has 0 aliphatic rings. The first-order valence-electron chi connectivity index (χ1n) is 9.24. The highest BCUT2D eigenvalue weighted by atomic mass is 16.6. The van der Waals surface area contributed by atoms with Crippen molar-refractivity contribution in [1.29, 1.82) is 0 Å². The molecule has 3 rings (SSSR count). The summed E-state index contributed by atoms with van der Waals surface area (Å²) in [4.78, 5) is 35.7. The van der Waals surface area contributed by atoms with Crippen molar-refractivity contribution in [2.75, 3.05) is 0 Å². The van der Waals surface area contributed by atoms with Gasteiger partial charge in [0.1, 0.15) is 5.70 Å². The molecular weight excluding hydrogens is 396 g/mol. The summed E-state index contributed by atoms with van der Waals surface area (Å²) >= 11 is 0. The zero-order valence-corrected chi connectivity index (χ0v) is 16.3. The molecule has 0 unspecified atom stereocenters. The van der Waals surface area contributed by atoms with E-state index in [1.54, 1.807) is 36.4 Å². The lowest BCUT2D eigenvalue weighted by Gasteiger charge is -2.09. The van der Waals surface area contributed by atoms with Gasteiger partial charge >= 0.3 is 0 Å². The third kappa shape index (κ3) is 6.20. The normalized spacial score (nSPS) is 11.2. The van der Waals surface area contributed by atoms with E-state index in [0.29, 0.717) is 11.1 Å². The fourth-order valence-corrected chi connectivity index (χ4v) is 2.60. The fraction of sp³-hybridized carbons (Fsp3) is 0. The van der Waals surface area contributed by atoms with Crippen molar-refractivity contribution in [3.8, 4) is 0 Å². The van der Waals surface area contributed by atoms with Crippen LogP contribution in [0.25, 0.3) is 6.08 Å². The molecule has 0 fully saturated rings. The smallest absolute Gasteiger partial charge is 0.287 e. The second-order valence-electron chi connectivity index (χ2n) is 6.34. The molecule has 31 heavy (non-hydrogen) atoms.